The van der Waals surface area contributed by atoms with Crippen LogP contribution in [0.25, 0.3) is 10.2 Å². The predicted molar refractivity (Wildman–Crippen MR) is 101 cm³/mol. The number of nitrogens with zero attached hydrogens (tertiary/aromatic N) is 3. The average molecular weight is 384 g/mol. The van der Waals surface area contributed by atoms with Gasteiger partial charge in [-0.25, -0.2) is 4.98 Å². The number of carbonyl (C=O) groups excluding carboxylic acids is 1. The molecule has 136 valence electrons. The second-order valence-corrected chi connectivity index (χ2v) is 6.32. The van der Waals surface area contributed by atoms with Crippen molar-refractivity contribution < 1.29 is 14.5 Å². The monoisotopic (exact) mass is 384 g/mol. The Kier molecular flexibility index (Phi) is 4.49. The van der Waals surface area contributed by atoms with Crippen LogP contribution in [0, 0.1) is 21.4 Å². The number of anilines is 3. The number of nitrogens with one attached hydrogen (secondary N) is 1. The minimum atomic E-state index is -0.638. The van der Waals surface area contributed by atoms with E-state index < -0.39 is 10.8 Å². The number of methoxy groups -OCH3 is 1. The van der Waals surface area contributed by atoms with Gasteiger partial charge < -0.3 is 21.5 Å². The Labute approximate surface area is 156 Å². The minimum absolute atomic E-state index is 0.00663. The lowest BCUT2D eigenvalue weighted by atomic mass is 10.2. The smallest absolute Gasteiger partial charge is 0.296 e. The standard InChI is InChI=1S/C16H12N6O4S/c1-26-8-2-3-10(11(5-8)22(24)25)20-15(23)13-12(18)9-4-7(6-17)14(19)21-16(9)27-13/h2-5H,18H2,1H3,(H2,19,21)(H,20,23). The zero-order valence-electron chi connectivity index (χ0n) is 13.8. The fraction of sp³-hybridized carbons (Fsp3) is 0.0625. The molecule has 0 atom stereocenters. The molecule has 5 N–H and O–H groups in total. The summed E-state index contributed by atoms with van der Waals surface area (Å²) >= 11 is 0.974. The highest BCUT2D eigenvalue weighted by Gasteiger charge is 2.22. The van der Waals surface area contributed by atoms with E-state index >= 15 is 0 Å². The average Bonchev–Trinajstić information content (AvgIpc) is 2.96. The molecule has 3 rings (SSSR count). The lowest BCUT2D eigenvalue weighted by molar-refractivity contribution is -0.384. The van der Waals surface area contributed by atoms with E-state index in [1.807, 2.05) is 6.07 Å². The SMILES string of the molecule is COc1ccc(NC(=O)c2sc3nc(N)c(C#N)cc3c2N)c([N+](=O)[O-])c1. The molecule has 0 saturated carbocycles. The summed E-state index contributed by atoms with van der Waals surface area (Å²) in [6.45, 7) is 0. The first kappa shape index (κ1) is 17.9. The van der Waals surface area contributed by atoms with E-state index in [1.54, 1.807) is 0 Å². The lowest BCUT2D eigenvalue weighted by Gasteiger charge is -2.07. The number of carbonyl (C=O) groups is 1. The fourth-order valence-electron chi connectivity index (χ4n) is 2.39. The van der Waals surface area contributed by atoms with Crippen molar-refractivity contribution in [3.63, 3.8) is 0 Å². The largest absolute Gasteiger partial charge is 0.496 e. The third kappa shape index (κ3) is 3.16. The van der Waals surface area contributed by atoms with E-state index in [-0.39, 0.29) is 39.1 Å². The van der Waals surface area contributed by atoms with E-state index in [0.29, 0.717) is 10.2 Å². The number of nitro benzene ring substituents is 1. The summed E-state index contributed by atoms with van der Waals surface area (Å²) in [5, 5.41) is 23.2. The fourth-order valence-corrected chi connectivity index (χ4v) is 3.37. The van der Waals surface area contributed by atoms with Crippen LogP contribution in [0.15, 0.2) is 24.3 Å². The van der Waals surface area contributed by atoms with E-state index in [4.69, 9.17) is 21.5 Å². The molecule has 0 bridgehead atoms. The molecule has 10 nitrogen and oxygen atoms in total. The number of nitriles is 1. The number of nitro groups is 1. The maximum Gasteiger partial charge on any atom is 0.296 e. The van der Waals surface area contributed by atoms with Crippen molar-refractivity contribution in [2.45, 2.75) is 0 Å². The van der Waals surface area contributed by atoms with Crippen LogP contribution >= 0.6 is 11.3 Å². The molecule has 3 aromatic rings. The van der Waals surface area contributed by atoms with Gasteiger partial charge in [0.05, 0.1) is 29.4 Å². The Morgan fingerprint density at radius 2 is 2.15 bits per heavy atom. The number of aromatic nitrogens is 1. The lowest BCUT2D eigenvalue weighted by Crippen LogP contribution is -2.13. The van der Waals surface area contributed by atoms with Gasteiger partial charge in [0, 0.05) is 5.39 Å². The highest BCUT2D eigenvalue weighted by atomic mass is 32.1. The topological polar surface area (TPSA) is 170 Å². The van der Waals surface area contributed by atoms with E-state index in [2.05, 4.69) is 10.3 Å². The first-order valence-electron chi connectivity index (χ1n) is 7.38. The quantitative estimate of drug-likeness (QED) is 0.455. The Morgan fingerprint density at radius 3 is 2.78 bits per heavy atom. The van der Waals surface area contributed by atoms with Gasteiger partial charge in [-0.15, -0.1) is 11.3 Å². The van der Waals surface area contributed by atoms with Crippen LogP contribution in [0.2, 0.25) is 0 Å². The summed E-state index contributed by atoms with van der Waals surface area (Å²) in [7, 11) is 1.38. The van der Waals surface area contributed by atoms with Crippen LogP contribution < -0.4 is 21.5 Å². The zero-order valence-corrected chi connectivity index (χ0v) is 14.7. The Balaban J connectivity index is 2.01. The van der Waals surface area contributed by atoms with E-state index in [0.717, 1.165) is 11.3 Å². The normalized spacial score (nSPS) is 10.4. The first-order chi connectivity index (χ1) is 12.8. The highest BCUT2D eigenvalue weighted by Crippen LogP contribution is 2.36. The van der Waals surface area contributed by atoms with Crippen molar-refractivity contribution in [3.05, 3.63) is 44.8 Å². The van der Waals surface area contributed by atoms with Crippen molar-refractivity contribution in [1.82, 2.24) is 4.98 Å². The van der Waals surface area contributed by atoms with Gasteiger partial charge in [0.15, 0.2) is 0 Å². The number of ether oxygens (including phenoxy) is 1. The van der Waals surface area contributed by atoms with Gasteiger partial charge in [-0.3, -0.25) is 14.9 Å². The summed E-state index contributed by atoms with van der Waals surface area (Å²) in [6.07, 6.45) is 0. The summed E-state index contributed by atoms with van der Waals surface area (Å²) < 4.78 is 4.96. The number of nitrogen functional groups attached to an aromatic ring is 2. The number of hydrogen-bond acceptors (Lipinski definition) is 9. The van der Waals surface area contributed by atoms with Crippen LogP contribution in [-0.4, -0.2) is 22.9 Å². The number of thiophene rings is 1. The van der Waals surface area contributed by atoms with Gasteiger partial charge in [0.1, 0.15) is 33.0 Å². The van der Waals surface area contributed by atoms with E-state index in [1.165, 1.54) is 31.4 Å². The number of fused-ring (bicyclic) bond motifs is 1. The Morgan fingerprint density at radius 1 is 1.41 bits per heavy atom. The molecule has 11 heteroatoms. The zero-order chi connectivity index (χ0) is 19.7. The van der Waals surface area contributed by atoms with Gasteiger partial charge in [-0.05, 0) is 18.2 Å². The molecule has 0 unspecified atom stereocenters. The number of rotatable bonds is 4. The third-order valence-electron chi connectivity index (χ3n) is 3.73. The Bertz CT molecular complexity index is 1130. The molecule has 0 aliphatic carbocycles. The van der Waals surface area contributed by atoms with E-state index in [9.17, 15) is 14.9 Å². The number of benzene rings is 1. The van der Waals surface area contributed by atoms with Crippen LogP contribution in [0.1, 0.15) is 15.2 Å². The second kappa shape index (κ2) is 6.77. The third-order valence-corrected chi connectivity index (χ3v) is 4.84. The summed E-state index contributed by atoms with van der Waals surface area (Å²) in [5.74, 6) is -0.324. The van der Waals surface area contributed by atoms with Crippen molar-refractivity contribution in [1.29, 1.82) is 5.26 Å². The molecule has 0 fully saturated rings. The molecule has 0 aliphatic rings. The summed E-state index contributed by atoms with van der Waals surface area (Å²) in [6, 6.07) is 7.40. The van der Waals surface area contributed by atoms with Crippen LogP contribution in [-0.2, 0) is 0 Å². The summed E-state index contributed by atoms with van der Waals surface area (Å²) in [4.78, 5) is 27.8. The van der Waals surface area contributed by atoms with Crippen LogP contribution in [0.3, 0.4) is 0 Å². The van der Waals surface area contributed by atoms with Crippen molar-refractivity contribution in [2.75, 3.05) is 23.9 Å². The molecule has 2 heterocycles. The number of amides is 1. The molecule has 0 radical (unpaired) electrons. The first-order valence-corrected chi connectivity index (χ1v) is 8.19. The van der Waals surface area contributed by atoms with Crippen LogP contribution in [0.5, 0.6) is 5.75 Å². The Hall–Kier alpha value is -3.91. The molecule has 2 aromatic heterocycles. The second-order valence-electron chi connectivity index (χ2n) is 5.32. The molecule has 1 aromatic carbocycles. The summed E-state index contributed by atoms with van der Waals surface area (Å²) in [5.41, 5.74) is 11.6. The molecule has 0 saturated heterocycles. The van der Waals surface area contributed by atoms with Gasteiger partial charge in [0.2, 0.25) is 0 Å². The molecule has 0 aliphatic heterocycles. The van der Waals surface area contributed by atoms with Crippen molar-refractivity contribution in [3.8, 4) is 11.8 Å². The van der Waals surface area contributed by atoms with Gasteiger partial charge in [0.25, 0.3) is 11.6 Å². The predicted octanol–water partition coefficient (Wildman–Crippen LogP) is 2.50. The van der Waals surface area contributed by atoms with Gasteiger partial charge in [-0.1, -0.05) is 0 Å². The number of nitrogens with two attached hydrogens (primary N) is 2. The molecule has 0 spiro atoms. The maximum atomic E-state index is 12.6. The maximum absolute atomic E-state index is 12.6. The van der Waals surface area contributed by atoms with Crippen molar-refractivity contribution >= 4 is 50.3 Å². The highest BCUT2D eigenvalue weighted by molar-refractivity contribution is 7.21. The number of hydrogen-bond donors (Lipinski definition) is 3. The number of pyridine rings is 1. The van der Waals surface area contributed by atoms with Gasteiger partial charge in [-0.2, -0.15) is 5.26 Å². The molecular weight excluding hydrogens is 372 g/mol. The van der Waals surface area contributed by atoms with Crippen LogP contribution in [0.4, 0.5) is 22.9 Å². The molecule has 1 amide bonds. The minimum Gasteiger partial charge on any atom is -0.496 e. The van der Waals surface area contributed by atoms with Gasteiger partial charge >= 0.3 is 0 Å². The van der Waals surface area contributed by atoms with Crippen molar-refractivity contribution in [2.24, 2.45) is 0 Å². The molecular formula is C16H12N6O4S. The molecule has 27 heavy (non-hydrogen) atoms.